The fraction of sp³-hybridized carbons (Fsp3) is 0.158. The predicted molar refractivity (Wildman–Crippen MR) is 83.3 cm³/mol. The highest BCUT2D eigenvalue weighted by atomic mass is 19.2. The number of hydrogen-bond acceptors (Lipinski definition) is 0. The molecule has 106 valence electrons. The lowest BCUT2D eigenvalue weighted by Gasteiger charge is -2.07. The topological polar surface area (TPSA) is 0 Å². The van der Waals surface area contributed by atoms with Crippen molar-refractivity contribution in [2.24, 2.45) is 0 Å². The van der Waals surface area contributed by atoms with Gasteiger partial charge in [0.1, 0.15) is 0 Å². The summed E-state index contributed by atoms with van der Waals surface area (Å²) in [4.78, 5) is 0. The number of halogens is 2. The average Bonchev–Trinajstić information content (AvgIpc) is 2.50. The van der Waals surface area contributed by atoms with Crippen LogP contribution < -0.4 is 0 Å². The standard InChI is InChI=1S/C19H16F2/c1-2-3-13-4-5-15-11-16(7-6-14(15)10-13)17-8-9-18(20)19(21)12-17/h4-12H,2-3H2,1H3. The second-order valence-electron chi connectivity index (χ2n) is 5.28. The van der Waals surface area contributed by atoms with Gasteiger partial charge in [-0.25, -0.2) is 8.78 Å². The van der Waals surface area contributed by atoms with Crippen molar-refractivity contribution in [2.75, 3.05) is 0 Å². The molecule has 0 amide bonds. The zero-order chi connectivity index (χ0) is 14.8. The van der Waals surface area contributed by atoms with E-state index in [0.717, 1.165) is 23.8 Å². The van der Waals surface area contributed by atoms with Crippen molar-refractivity contribution in [1.82, 2.24) is 0 Å². The molecule has 0 aliphatic rings. The van der Waals surface area contributed by atoms with Crippen molar-refractivity contribution in [3.8, 4) is 11.1 Å². The van der Waals surface area contributed by atoms with Crippen LogP contribution in [0.4, 0.5) is 8.78 Å². The number of rotatable bonds is 3. The molecule has 0 unspecified atom stereocenters. The molecule has 0 radical (unpaired) electrons. The highest BCUT2D eigenvalue weighted by molar-refractivity contribution is 5.87. The Hall–Kier alpha value is -2.22. The molecule has 0 nitrogen and oxygen atoms in total. The summed E-state index contributed by atoms with van der Waals surface area (Å²) in [6.45, 7) is 2.16. The highest BCUT2D eigenvalue weighted by Gasteiger charge is 2.05. The second kappa shape index (κ2) is 5.65. The summed E-state index contributed by atoms with van der Waals surface area (Å²) in [5.41, 5.74) is 2.91. The molecule has 0 aliphatic heterocycles. The summed E-state index contributed by atoms with van der Waals surface area (Å²) < 4.78 is 26.4. The first-order valence-corrected chi connectivity index (χ1v) is 7.15. The normalized spacial score (nSPS) is 11.0. The Bertz CT molecular complexity index is 791. The molecule has 0 aliphatic carbocycles. The van der Waals surface area contributed by atoms with E-state index in [4.69, 9.17) is 0 Å². The summed E-state index contributed by atoms with van der Waals surface area (Å²) in [5, 5.41) is 2.28. The molecule has 0 saturated heterocycles. The Kier molecular flexibility index (Phi) is 3.70. The lowest BCUT2D eigenvalue weighted by atomic mass is 9.99. The highest BCUT2D eigenvalue weighted by Crippen LogP contribution is 2.26. The van der Waals surface area contributed by atoms with Gasteiger partial charge in [0, 0.05) is 0 Å². The number of aryl methyl sites for hydroxylation is 1. The van der Waals surface area contributed by atoms with Crippen LogP contribution in [0.5, 0.6) is 0 Å². The van der Waals surface area contributed by atoms with Gasteiger partial charge in [0.25, 0.3) is 0 Å². The smallest absolute Gasteiger partial charge is 0.159 e. The van der Waals surface area contributed by atoms with Crippen molar-refractivity contribution in [1.29, 1.82) is 0 Å². The summed E-state index contributed by atoms with van der Waals surface area (Å²) in [6.07, 6.45) is 2.19. The predicted octanol–water partition coefficient (Wildman–Crippen LogP) is 5.74. The molecule has 0 atom stereocenters. The average molecular weight is 282 g/mol. The van der Waals surface area contributed by atoms with E-state index >= 15 is 0 Å². The quantitative estimate of drug-likeness (QED) is 0.575. The van der Waals surface area contributed by atoms with E-state index < -0.39 is 11.6 Å². The fourth-order valence-electron chi connectivity index (χ4n) is 2.59. The summed E-state index contributed by atoms with van der Waals surface area (Å²) in [6, 6.07) is 16.4. The van der Waals surface area contributed by atoms with Crippen LogP contribution in [0.2, 0.25) is 0 Å². The zero-order valence-corrected chi connectivity index (χ0v) is 11.9. The first-order valence-electron chi connectivity index (χ1n) is 7.15. The van der Waals surface area contributed by atoms with Crippen molar-refractivity contribution in [2.45, 2.75) is 19.8 Å². The van der Waals surface area contributed by atoms with E-state index in [-0.39, 0.29) is 0 Å². The van der Waals surface area contributed by atoms with Gasteiger partial charge in [-0.1, -0.05) is 49.7 Å². The SMILES string of the molecule is CCCc1ccc2cc(-c3ccc(F)c(F)c3)ccc2c1. The number of fused-ring (bicyclic) bond motifs is 1. The third-order valence-corrected chi connectivity index (χ3v) is 3.70. The van der Waals surface area contributed by atoms with E-state index in [9.17, 15) is 8.78 Å². The molecule has 21 heavy (non-hydrogen) atoms. The molecule has 0 heterocycles. The first-order chi connectivity index (χ1) is 10.2. The second-order valence-corrected chi connectivity index (χ2v) is 5.28. The molecule has 0 aromatic heterocycles. The van der Waals surface area contributed by atoms with E-state index in [0.29, 0.717) is 5.56 Å². The van der Waals surface area contributed by atoms with Gasteiger partial charge in [-0.2, -0.15) is 0 Å². The van der Waals surface area contributed by atoms with Crippen LogP contribution in [0, 0.1) is 11.6 Å². The minimum Gasteiger partial charge on any atom is -0.204 e. The van der Waals surface area contributed by atoms with Gasteiger partial charge in [-0.05, 0) is 52.1 Å². The van der Waals surface area contributed by atoms with Gasteiger partial charge in [-0.3, -0.25) is 0 Å². The summed E-state index contributed by atoms with van der Waals surface area (Å²) in [5.74, 6) is -1.63. The molecular weight excluding hydrogens is 266 g/mol. The van der Waals surface area contributed by atoms with E-state index in [2.05, 4.69) is 25.1 Å². The molecule has 0 N–H and O–H groups in total. The van der Waals surface area contributed by atoms with Crippen LogP contribution in [0.25, 0.3) is 21.9 Å². The molecule has 0 spiro atoms. The maximum atomic E-state index is 13.3. The number of hydrogen-bond donors (Lipinski definition) is 0. The van der Waals surface area contributed by atoms with E-state index in [1.54, 1.807) is 6.07 Å². The summed E-state index contributed by atoms with van der Waals surface area (Å²) >= 11 is 0. The van der Waals surface area contributed by atoms with Crippen molar-refractivity contribution >= 4 is 10.8 Å². The van der Waals surface area contributed by atoms with Gasteiger partial charge < -0.3 is 0 Å². The van der Waals surface area contributed by atoms with Gasteiger partial charge in [-0.15, -0.1) is 0 Å². The van der Waals surface area contributed by atoms with Crippen molar-refractivity contribution in [3.63, 3.8) is 0 Å². The van der Waals surface area contributed by atoms with Crippen LogP contribution in [0.3, 0.4) is 0 Å². The van der Waals surface area contributed by atoms with Gasteiger partial charge in [0.2, 0.25) is 0 Å². The van der Waals surface area contributed by atoms with Gasteiger partial charge in [0.15, 0.2) is 11.6 Å². The maximum Gasteiger partial charge on any atom is 0.159 e. The molecular formula is C19H16F2. The van der Waals surface area contributed by atoms with E-state index in [1.165, 1.54) is 23.1 Å². The lowest BCUT2D eigenvalue weighted by molar-refractivity contribution is 0.509. The van der Waals surface area contributed by atoms with Crippen molar-refractivity contribution in [3.05, 3.63) is 71.8 Å². The first kappa shape index (κ1) is 13.7. The maximum absolute atomic E-state index is 13.3. The molecule has 0 saturated carbocycles. The van der Waals surface area contributed by atoms with Crippen molar-refractivity contribution < 1.29 is 8.78 Å². The molecule has 3 rings (SSSR count). The van der Waals surface area contributed by atoms with Crippen LogP contribution in [-0.4, -0.2) is 0 Å². The van der Waals surface area contributed by atoms with Crippen LogP contribution in [0.15, 0.2) is 54.6 Å². The molecule has 3 aromatic carbocycles. The zero-order valence-electron chi connectivity index (χ0n) is 11.9. The molecule has 0 bridgehead atoms. The Morgan fingerprint density at radius 1 is 0.714 bits per heavy atom. The summed E-state index contributed by atoms with van der Waals surface area (Å²) in [7, 11) is 0. The van der Waals surface area contributed by atoms with Gasteiger partial charge >= 0.3 is 0 Å². The monoisotopic (exact) mass is 282 g/mol. The lowest BCUT2D eigenvalue weighted by Crippen LogP contribution is -1.87. The Morgan fingerprint density at radius 3 is 2.14 bits per heavy atom. The third kappa shape index (κ3) is 2.80. The third-order valence-electron chi connectivity index (χ3n) is 3.70. The Balaban J connectivity index is 2.04. The van der Waals surface area contributed by atoms with E-state index in [1.807, 2.05) is 18.2 Å². The fourth-order valence-corrected chi connectivity index (χ4v) is 2.59. The van der Waals surface area contributed by atoms with Gasteiger partial charge in [0.05, 0.1) is 0 Å². The Labute approximate surface area is 123 Å². The largest absolute Gasteiger partial charge is 0.204 e. The minimum absolute atomic E-state index is 0.688. The number of benzene rings is 3. The molecule has 0 fully saturated rings. The van der Waals surface area contributed by atoms with Crippen LogP contribution >= 0.6 is 0 Å². The molecule has 2 heteroatoms. The van der Waals surface area contributed by atoms with Crippen LogP contribution in [-0.2, 0) is 6.42 Å². The van der Waals surface area contributed by atoms with Crippen LogP contribution in [0.1, 0.15) is 18.9 Å². The minimum atomic E-state index is -0.816. The Morgan fingerprint density at radius 2 is 1.38 bits per heavy atom. The molecule has 3 aromatic rings.